The van der Waals surface area contributed by atoms with Crippen molar-refractivity contribution in [1.29, 1.82) is 0 Å². The molecule has 3 nitrogen and oxygen atoms in total. The van der Waals surface area contributed by atoms with E-state index >= 15 is 0 Å². The molecule has 4 bridgehead atoms. The van der Waals surface area contributed by atoms with E-state index in [0.29, 0.717) is 0 Å². The SMILES string of the molecule is CNc1ccccc1NC(=O)C12CC3CC(CC(C3)C1)C2. The summed E-state index contributed by atoms with van der Waals surface area (Å²) in [7, 11) is 1.90. The molecule has 0 saturated heterocycles. The molecular weight excluding hydrogens is 260 g/mol. The fourth-order valence-electron chi connectivity index (χ4n) is 5.45. The summed E-state index contributed by atoms with van der Waals surface area (Å²) in [6.07, 6.45) is 7.48. The standard InChI is InChI=1S/C18H24N2O/c1-19-15-4-2-3-5-16(15)20-17(21)18-9-12-6-13(10-18)8-14(7-12)11-18/h2-5,12-14,19H,6-11H2,1H3,(H,20,21). The Kier molecular flexibility index (Phi) is 2.98. The van der Waals surface area contributed by atoms with Crippen LogP contribution in [-0.4, -0.2) is 13.0 Å². The molecule has 3 heteroatoms. The summed E-state index contributed by atoms with van der Waals surface area (Å²) in [6, 6.07) is 7.97. The molecule has 2 N–H and O–H groups in total. The summed E-state index contributed by atoms with van der Waals surface area (Å²) >= 11 is 0. The number of rotatable bonds is 3. The predicted molar refractivity (Wildman–Crippen MR) is 85.2 cm³/mol. The maximum absolute atomic E-state index is 13.0. The van der Waals surface area contributed by atoms with E-state index in [1.165, 1.54) is 19.3 Å². The molecule has 1 aromatic carbocycles. The van der Waals surface area contributed by atoms with Gasteiger partial charge in [0.1, 0.15) is 0 Å². The highest BCUT2D eigenvalue weighted by Crippen LogP contribution is 2.60. The highest BCUT2D eigenvalue weighted by atomic mass is 16.2. The first-order valence-electron chi connectivity index (χ1n) is 8.27. The second-order valence-electron chi connectivity index (χ2n) is 7.45. The number of anilines is 2. The molecule has 0 aliphatic heterocycles. The van der Waals surface area contributed by atoms with Gasteiger partial charge in [0.2, 0.25) is 5.91 Å². The smallest absolute Gasteiger partial charge is 0.230 e. The lowest BCUT2D eigenvalue weighted by Crippen LogP contribution is -2.51. The van der Waals surface area contributed by atoms with Gasteiger partial charge in [0.25, 0.3) is 0 Å². The lowest BCUT2D eigenvalue weighted by molar-refractivity contribution is -0.140. The van der Waals surface area contributed by atoms with Crippen LogP contribution in [-0.2, 0) is 4.79 Å². The van der Waals surface area contributed by atoms with E-state index in [4.69, 9.17) is 0 Å². The molecule has 1 aromatic rings. The summed E-state index contributed by atoms with van der Waals surface area (Å²) in [5.41, 5.74) is 1.84. The van der Waals surface area contributed by atoms with Crippen molar-refractivity contribution in [1.82, 2.24) is 0 Å². The van der Waals surface area contributed by atoms with Gasteiger partial charge >= 0.3 is 0 Å². The van der Waals surface area contributed by atoms with Gasteiger partial charge in [-0.2, -0.15) is 0 Å². The minimum absolute atomic E-state index is 0.0738. The van der Waals surface area contributed by atoms with Crippen LogP contribution in [0.3, 0.4) is 0 Å². The van der Waals surface area contributed by atoms with Crippen molar-refractivity contribution >= 4 is 17.3 Å². The van der Waals surface area contributed by atoms with Crippen molar-refractivity contribution in [3.8, 4) is 0 Å². The van der Waals surface area contributed by atoms with E-state index in [2.05, 4.69) is 10.6 Å². The summed E-state index contributed by atoms with van der Waals surface area (Å²) in [5.74, 6) is 2.69. The number of nitrogens with one attached hydrogen (secondary N) is 2. The molecule has 4 fully saturated rings. The molecule has 5 rings (SSSR count). The molecule has 0 atom stereocenters. The molecule has 4 saturated carbocycles. The molecule has 0 unspecified atom stereocenters. The summed E-state index contributed by atoms with van der Waals surface area (Å²) < 4.78 is 0. The molecule has 0 radical (unpaired) electrons. The third kappa shape index (κ3) is 2.14. The first-order chi connectivity index (χ1) is 10.2. The Morgan fingerprint density at radius 2 is 1.52 bits per heavy atom. The first kappa shape index (κ1) is 13.2. The van der Waals surface area contributed by atoms with Crippen LogP contribution in [0.2, 0.25) is 0 Å². The Bertz CT molecular complexity index is 531. The van der Waals surface area contributed by atoms with Gasteiger partial charge < -0.3 is 10.6 Å². The summed E-state index contributed by atoms with van der Waals surface area (Å²) in [5, 5.41) is 6.38. The van der Waals surface area contributed by atoms with Gasteiger partial charge in [-0.25, -0.2) is 0 Å². The van der Waals surface area contributed by atoms with Crippen LogP contribution in [0.15, 0.2) is 24.3 Å². The number of carbonyl (C=O) groups excluding carboxylic acids is 1. The van der Waals surface area contributed by atoms with Crippen LogP contribution in [0.1, 0.15) is 38.5 Å². The topological polar surface area (TPSA) is 41.1 Å². The van der Waals surface area contributed by atoms with Gasteiger partial charge in [-0.05, 0) is 68.4 Å². The van der Waals surface area contributed by atoms with Crippen molar-refractivity contribution < 1.29 is 4.79 Å². The second kappa shape index (κ2) is 4.75. The summed E-state index contributed by atoms with van der Waals surface area (Å²) in [4.78, 5) is 13.0. The number of hydrogen-bond donors (Lipinski definition) is 2. The van der Waals surface area contributed by atoms with E-state index < -0.39 is 0 Å². The van der Waals surface area contributed by atoms with Gasteiger partial charge in [0.15, 0.2) is 0 Å². The Morgan fingerprint density at radius 1 is 1.00 bits per heavy atom. The van der Waals surface area contributed by atoms with Crippen LogP contribution >= 0.6 is 0 Å². The third-order valence-electron chi connectivity index (χ3n) is 5.96. The van der Waals surface area contributed by atoms with E-state index in [1.807, 2.05) is 31.3 Å². The van der Waals surface area contributed by atoms with Crippen LogP contribution in [0.25, 0.3) is 0 Å². The predicted octanol–water partition coefficient (Wildman–Crippen LogP) is 3.88. The molecule has 4 aliphatic carbocycles. The van der Waals surface area contributed by atoms with Gasteiger partial charge in [-0.1, -0.05) is 12.1 Å². The molecule has 112 valence electrons. The fraction of sp³-hybridized carbons (Fsp3) is 0.611. The number of hydrogen-bond acceptors (Lipinski definition) is 2. The van der Waals surface area contributed by atoms with Crippen molar-refractivity contribution in [2.24, 2.45) is 23.2 Å². The first-order valence-corrected chi connectivity index (χ1v) is 8.27. The number of benzene rings is 1. The maximum Gasteiger partial charge on any atom is 0.230 e. The minimum atomic E-state index is -0.0738. The molecule has 0 aromatic heterocycles. The average molecular weight is 284 g/mol. The van der Waals surface area contributed by atoms with Crippen molar-refractivity contribution in [3.05, 3.63) is 24.3 Å². The zero-order valence-electron chi connectivity index (χ0n) is 12.7. The van der Waals surface area contributed by atoms with Crippen molar-refractivity contribution in [2.45, 2.75) is 38.5 Å². The van der Waals surface area contributed by atoms with Gasteiger partial charge in [0.05, 0.1) is 16.8 Å². The quantitative estimate of drug-likeness (QED) is 0.884. The average Bonchev–Trinajstić information content (AvgIpc) is 2.46. The fourth-order valence-corrected chi connectivity index (χ4v) is 5.45. The molecule has 1 amide bonds. The van der Waals surface area contributed by atoms with Gasteiger partial charge in [-0.15, -0.1) is 0 Å². The van der Waals surface area contributed by atoms with Crippen LogP contribution in [0.4, 0.5) is 11.4 Å². The summed E-state index contributed by atoms with van der Waals surface area (Å²) in [6.45, 7) is 0. The zero-order valence-corrected chi connectivity index (χ0v) is 12.7. The van der Waals surface area contributed by atoms with Gasteiger partial charge in [-0.3, -0.25) is 4.79 Å². The van der Waals surface area contributed by atoms with Crippen molar-refractivity contribution in [3.63, 3.8) is 0 Å². The number of para-hydroxylation sites is 2. The van der Waals surface area contributed by atoms with E-state index in [1.54, 1.807) is 0 Å². The lowest BCUT2D eigenvalue weighted by Gasteiger charge is -2.55. The van der Waals surface area contributed by atoms with Crippen LogP contribution < -0.4 is 10.6 Å². The molecule has 21 heavy (non-hydrogen) atoms. The van der Waals surface area contributed by atoms with E-state index in [0.717, 1.165) is 48.4 Å². The Labute approximate surface area is 126 Å². The minimum Gasteiger partial charge on any atom is -0.386 e. The second-order valence-corrected chi connectivity index (χ2v) is 7.45. The normalized spacial score (nSPS) is 36.5. The maximum atomic E-state index is 13.0. The monoisotopic (exact) mass is 284 g/mol. The number of carbonyl (C=O) groups is 1. The van der Waals surface area contributed by atoms with Crippen molar-refractivity contribution in [2.75, 3.05) is 17.7 Å². The Hall–Kier alpha value is -1.51. The third-order valence-corrected chi connectivity index (χ3v) is 5.96. The highest BCUT2D eigenvalue weighted by molar-refractivity contribution is 5.98. The largest absolute Gasteiger partial charge is 0.386 e. The van der Waals surface area contributed by atoms with E-state index in [-0.39, 0.29) is 11.3 Å². The molecule has 4 aliphatic rings. The van der Waals surface area contributed by atoms with Crippen LogP contribution in [0.5, 0.6) is 0 Å². The zero-order chi connectivity index (χ0) is 14.4. The number of amides is 1. The lowest BCUT2D eigenvalue weighted by atomic mass is 9.49. The molecule has 0 heterocycles. The molecule has 0 spiro atoms. The van der Waals surface area contributed by atoms with E-state index in [9.17, 15) is 4.79 Å². The highest BCUT2D eigenvalue weighted by Gasteiger charge is 2.54. The van der Waals surface area contributed by atoms with Gasteiger partial charge in [0, 0.05) is 7.05 Å². The molecular formula is C18H24N2O. The Balaban J connectivity index is 1.57. The van der Waals surface area contributed by atoms with Crippen LogP contribution in [0, 0.1) is 23.2 Å². The Morgan fingerprint density at radius 3 is 2.05 bits per heavy atom.